The topological polar surface area (TPSA) is 109 Å². The lowest BCUT2D eigenvalue weighted by atomic mass is 9.84. The van der Waals surface area contributed by atoms with Crippen LogP contribution in [0.2, 0.25) is 0 Å². The molecule has 2 rings (SSSR count). The second-order valence-corrected chi connectivity index (χ2v) is 8.90. The molecule has 120 valence electrons. The van der Waals surface area contributed by atoms with Crippen LogP contribution in [0.3, 0.4) is 0 Å². The maximum absolute atomic E-state index is 11.4. The zero-order valence-electron chi connectivity index (χ0n) is 12.2. The quantitative estimate of drug-likeness (QED) is 0.811. The van der Waals surface area contributed by atoms with Crippen molar-refractivity contribution < 1.29 is 25.9 Å². The molecule has 0 fully saturated rings. The van der Waals surface area contributed by atoms with E-state index in [1.807, 2.05) is 20.8 Å². The van der Waals surface area contributed by atoms with Crippen molar-refractivity contribution in [3.8, 4) is 0 Å². The van der Waals surface area contributed by atoms with Crippen LogP contribution in [-0.4, -0.2) is 25.9 Å². The smallest absolute Gasteiger partial charge is 0.282 e. The maximum Gasteiger partial charge on any atom is 0.294 e. The third kappa shape index (κ3) is 3.30. The average molecular weight is 344 g/mol. The van der Waals surface area contributed by atoms with Gasteiger partial charge in [0.05, 0.1) is 9.79 Å². The van der Waals surface area contributed by atoms with E-state index in [0.29, 0.717) is 16.3 Å². The van der Waals surface area contributed by atoms with E-state index in [-0.39, 0.29) is 9.79 Å². The van der Waals surface area contributed by atoms with Crippen molar-refractivity contribution in [3.05, 3.63) is 35.9 Å². The Labute approximate surface area is 129 Å². The molecule has 8 heteroatoms. The lowest BCUT2D eigenvalue weighted by Gasteiger charge is -2.22. The van der Waals surface area contributed by atoms with Gasteiger partial charge in [-0.2, -0.15) is 16.8 Å². The molecule has 0 aliphatic rings. The molecule has 0 atom stereocenters. The molecule has 0 spiro atoms. The first-order valence-corrected chi connectivity index (χ1v) is 9.21. The minimum absolute atomic E-state index is 0.301. The minimum Gasteiger partial charge on any atom is -0.282 e. The summed E-state index contributed by atoms with van der Waals surface area (Å²) in [6.07, 6.45) is 0. The van der Waals surface area contributed by atoms with Gasteiger partial charge in [-0.3, -0.25) is 9.11 Å². The highest BCUT2D eigenvalue weighted by atomic mass is 32.2. The van der Waals surface area contributed by atoms with Gasteiger partial charge < -0.3 is 0 Å². The van der Waals surface area contributed by atoms with E-state index in [4.69, 9.17) is 4.55 Å². The summed E-state index contributed by atoms with van der Waals surface area (Å²) in [5.41, 5.74) is 0.206. The predicted molar refractivity (Wildman–Crippen MR) is 82.3 cm³/mol. The van der Waals surface area contributed by atoms with Gasteiger partial charge in [-0.25, -0.2) is 0 Å². The molecule has 2 aromatic carbocycles. The highest BCUT2D eigenvalue weighted by molar-refractivity contribution is 7.86. The SMILES string of the molecule is CC(C)(C)c1cc(S(=O)(=O)O)cc2cc(S(=O)(=O)O)ccc12. The average Bonchev–Trinajstić information content (AvgIpc) is 2.33. The van der Waals surface area contributed by atoms with Crippen LogP contribution < -0.4 is 0 Å². The second-order valence-electron chi connectivity index (χ2n) is 6.05. The molecule has 0 aromatic heterocycles. The number of hydrogen-bond acceptors (Lipinski definition) is 4. The molecule has 2 N–H and O–H groups in total. The summed E-state index contributed by atoms with van der Waals surface area (Å²) in [7, 11) is -8.84. The molecule has 0 heterocycles. The standard InChI is InChI=1S/C14H16O6S2/c1-14(2,3)13-8-11(22(18,19)20)7-9-6-10(21(15,16)17)4-5-12(9)13/h4-8H,1-3H3,(H,15,16,17)(H,18,19,20). The van der Waals surface area contributed by atoms with E-state index in [1.165, 1.54) is 30.3 Å². The van der Waals surface area contributed by atoms with E-state index >= 15 is 0 Å². The Morgan fingerprint density at radius 3 is 1.77 bits per heavy atom. The first-order chi connectivity index (χ1) is 9.80. The molecule has 0 aliphatic heterocycles. The Morgan fingerprint density at radius 2 is 1.32 bits per heavy atom. The third-order valence-corrected chi connectivity index (χ3v) is 4.98. The molecule has 0 radical (unpaired) electrons. The van der Waals surface area contributed by atoms with Gasteiger partial charge in [0.1, 0.15) is 0 Å². The third-order valence-electron chi connectivity index (χ3n) is 3.30. The zero-order valence-corrected chi connectivity index (χ0v) is 13.9. The van der Waals surface area contributed by atoms with E-state index in [9.17, 15) is 21.4 Å². The monoisotopic (exact) mass is 344 g/mol. The lowest BCUT2D eigenvalue weighted by molar-refractivity contribution is 0.481. The molecular weight excluding hydrogens is 328 g/mol. The largest absolute Gasteiger partial charge is 0.294 e. The highest BCUT2D eigenvalue weighted by Gasteiger charge is 2.22. The van der Waals surface area contributed by atoms with Crippen LogP contribution >= 0.6 is 0 Å². The summed E-state index contributed by atoms with van der Waals surface area (Å²) in [6, 6.07) is 6.47. The van der Waals surface area contributed by atoms with E-state index in [2.05, 4.69) is 0 Å². The van der Waals surface area contributed by atoms with Crippen LogP contribution in [0.5, 0.6) is 0 Å². The number of fused-ring (bicyclic) bond motifs is 1. The molecule has 0 saturated heterocycles. The fraction of sp³-hybridized carbons (Fsp3) is 0.286. The van der Waals surface area contributed by atoms with E-state index < -0.39 is 25.7 Å². The molecule has 0 bridgehead atoms. The van der Waals surface area contributed by atoms with Gasteiger partial charge in [-0.1, -0.05) is 26.8 Å². The number of hydrogen-bond donors (Lipinski definition) is 2. The Balaban J connectivity index is 2.95. The van der Waals surface area contributed by atoms with Crippen molar-refractivity contribution in [3.63, 3.8) is 0 Å². The lowest BCUT2D eigenvalue weighted by Crippen LogP contribution is -2.13. The van der Waals surface area contributed by atoms with Crippen molar-refractivity contribution in [2.75, 3.05) is 0 Å². The van der Waals surface area contributed by atoms with Gasteiger partial charge >= 0.3 is 0 Å². The predicted octanol–water partition coefficient (Wildman–Crippen LogP) is 2.63. The van der Waals surface area contributed by atoms with Crippen molar-refractivity contribution in [2.45, 2.75) is 36.0 Å². The molecule has 6 nitrogen and oxygen atoms in total. The maximum atomic E-state index is 11.4. The van der Waals surface area contributed by atoms with E-state index in [0.717, 1.165) is 0 Å². The van der Waals surface area contributed by atoms with Crippen LogP contribution in [-0.2, 0) is 25.7 Å². The van der Waals surface area contributed by atoms with Crippen LogP contribution in [0.25, 0.3) is 10.8 Å². The summed E-state index contributed by atoms with van der Waals surface area (Å²) < 4.78 is 63.7. The Hall–Kier alpha value is -1.48. The summed E-state index contributed by atoms with van der Waals surface area (Å²) >= 11 is 0. The number of benzene rings is 2. The molecule has 0 aliphatic carbocycles. The van der Waals surface area contributed by atoms with Crippen molar-refractivity contribution in [1.82, 2.24) is 0 Å². The number of rotatable bonds is 2. The van der Waals surface area contributed by atoms with Crippen molar-refractivity contribution in [1.29, 1.82) is 0 Å². The molecule has 0 amide bonds. The van der Waals surface area contributed by atoms with Gasteiger partial charge in [0.15, 0.2) is 0 Å². The summed E-state index contributed by atoms with van der Waals surface area (Å²) in [4.78, 5) is -0.662. The molecular formula is C14H16O6S2. The van der Waals surface area contributed by atoms with Crippen molar-refractivity contribution >= 4 is 31.0 Å². The first-order valence-electron chi connectivity index (χ1n) is 6.33. The Bertz CT molecular complexity index is 945. The molecule has 0 unspecified atom stereocenters. The normalized spacial score (nSPS) is 13.5. The fourth-order valence-corrected chi connectivity index (χ4v) is 3.31. The first kappa shape index (κ1) is 16.9. The summed E-state index contributed by atoms with van der Waals surface area (Å²) in [5, 5.41) is 0.947. The highest BCUT2D eigenvalue weighted by Crippen LogP contribution is 2.33. The van der Waals surface area contributed by atoms with Gasteiger partial charge in [-0.15, -0.1) is 0 Å². The van der Waals surface area contributed by atoms with Gasteiger partial charge in [0.25, 0.3) is 20.2 Å². The minimum atomic E-state index is -4.44. The van der Waals surface area contributed by atoms with Gasteiger partial charge in [0, 0.05) is 0 Å². The molecule has 2 aromatic rings. The van der Waals surface area contributed by atoms with Gasteiger partial charge in [0.2, 0.25) is 0 Å². The van der Waals surface area contributed by atoms with E-state index in [1.54, 1.807) is 0 Å². The molecule has 0 saturated carbocycles. The summed E-state index contributed by atoms with van der Waals surface area (Å²) in [5.74, 6) is 0. The fourth-order valence-electron chi connectivity index (χ4n) is 2.25. The summed E-state index contributed by atoms with van der Waals surface area (Å²) in [6.45, 7) is 5.60. The molecule has 22 heavy (non-hydrogen) atoms. The van der Waals surface area contributed by atoms with Crippen LogP contribution in [0.4, 0.5) is 0 Å². The second kappa shape index (κ2) is 5.02. The van der Waals surface area contributed by atoms with Crippen molar-refractivity contribution in [2.24, 2.45) is 0 Å². The zero-order chi connectivity index (χ0) is 16.9. The van der Waals surface area contributed by atoms with Crippen LogP contribution in [0.15, 0.2) is 40.1 Å². The van der Waals surface area contributed by atoms with Gasteiger partial charge in [-0.05, 0) is 46.0 Å². The van der Waals surface area contributed by atoms with Crippen LogP contribution in [0.1, 0.15) is 26.3 Å². The van der Waals surface area contributed by atoms with Crippen LogP contribution in [0, 0.1) is 0 Å². The Morgan fingerprint density at radius 1 is 0.818 bits per heavy atom. The Kier molecular flexibility index (Phi) is 3.85.